The van der Waals surface area contributed by atoms with Gasteiger partial charge in [0.15, 0.2) is 0 Å². The number of nitrogens with zero attached hydrogens (tertiary/aromatic N) is 1. The minimum absolute atomic E-state index is 0.135. The molecule has 0 amide bonds. The molecule has 1 unspecified atom stereocenters. The smallest absolute Gasteiger partial charge is 0.337 e. The van der Waals surface area contributed by atoms with Crippen LogP contribution < -0.4 is 11.1 Å². The molecule has 5 nitrogen and oxygen atoms in total. The first kappa shape index (κ1) is 13.3. The second-order valence-corrected chi connectivity index (χ2v) is 4.41. The molecule has 0 aromatic heterocycles. The summed E-state index contributed by atoms with van der Waals surface area (Å²) in [6, 6.07) is 5.16. The van der Waals surface area contributed by atoms with Gasteiger partial charge in [0, 0.05) is 24.0 Å². The molecule has 0 fully saturated rings. The maximum Gasteiger partial charge on any atom is 0.337 e. The molecule has 0 heterocycles. The van der Waals surface area contributed by atoms with Crippen LogP contribution in [0.3, 0.4) is 0 Å². The van der Waals surface area contributed by atoms with E-state index in [0.717, 1.165) is 12.2 Å². The summed E-state index contributed by atoms with van der Waals surface area (Å²) >= 11 is 0. The number of nitrogens with one attached hydrogen (secondary N) is 1. The zero-order valence-electron chi connectivity index (χ0n) is 10.4. The van der Waals surface area contributed by atoms with Crippen LogP contribution in [-0.2, 0) is 0 Å². The van der Waals surface area contributed by atoms with Crippen molar-refractivity contribution in [1.82, 2.24) is 4.90 Å². The van der Waals surface area contributed by atoms with E-state index in [2.05, 4.69) is 17.1 Å². The lowest BCUT2D eigenvalue weighted by Gasteiger charge is -2.19. The van der Waals surface area contributed by atoms with Crippen LogP contribution in [0.25, 0.3) is 0 Å². The third kappa shape index (κ3) is 3.96. The van der Waals surface area contributed by atoms with Crippen LogP contribution in [0.2, 0.25) is 0 Å². The molecule has 5 heteroatoms. The number of carboxylic acid groups (broad SMARTS) is 1. The van der Waals surface area contributed by atoms with E-state index in [0.29, 0.717) is 0 Å². The Morgan fingerprint density at radius 2 is 2.18 bits per heavy atom. The highest BCUT2D eigenvalue weighted by molar-refractivity contribution is 5.94. The first-order valence-corrected chi connectivity index (χ1v) is 5.44. The van der Waals surface area contributed by atoms with Gasteiger partial charge in [0.2, 0.25) is 0 Å². The second-order valence-electron chi connectivity index (χ2n) is 4.41. The number of nitrogens with two attached hydrogens (primary N) is 1. The van der Waals surface area contributed by atoms with Crippen molar-refractivity contribution >= 4 is 17.3 Å². The third-order valence-electron chi connectivity index (χ3n) is 2.33. The molecular weight excluding hydrogens is 218 g/mol. The molecule has 94 valence electrons. The first-order valence-electron chi connectivity index (χ1n) is 5.44. The molecule has 1 atom stereocenters. The Kier molecular flexibility index (Phi) is 4.34. The number of rotatable bonds is 5. The Bertz CT molecular complexity index is 405. The van der Waals surface area contributed by atoms with Crippen molar-refractivity contribution in [2.75, 3.05) is 31.7 Å². The highest BCUT2D eigenvalue weighted by Crippen LogP contribution is 2.18. The van der Waals surface area contributed by atoms with Gasteiger partial charge in [-0.3, -0.25) is 0 Å². The SMILES string of the molecule is CC(CN(C)C)Nc1ccc(C(=O)O)c(N)c1. The highest BCUT2D eigenvalue weighted by atomic mass is 16.4. The van der Waals surface area contributed by atoms with Crippen molar-refractivity contribution in [3.8, 4) is 0 Å². The summed E-state index contributed by atoms with van der Waals surface area (Å²) < 4.78 is 0. The van der Waals surface area contributed by atoms with Gasteiger partial charge in [0.25, 0.3) is 0 Å². The van der Waals surface area contributed by atoms with Crippen molar-refractivity contribution in [2.45, 2.75) is 13.0 Å². The van der Waals surface area contributed by atoms with Gasteiger partial charge in [-0.2, -0.15) is 0 Å². The van der Waals surface area contributed by atoms with Gasteiger partial charge in [-0.15, -0.1) is 0 Å². The quantitative estimate of drug-likeness (QED) is 0.673. The van der Waals surface area contributed by atoms with E-state index in [4.69, 9.17) is 10.8 Å². The normalized spacial score (nSPS) is 12.5. The number of carbonyl (C=O) groups is 1. The molecule has 0 aliphatic carbocycles. The van der Waals surface area contributed by atoms with Crippen molar-refractivity contribution < 1.29 is 9.90 Å². The second kappa shape index (κ2) is 5.54. The van der Waals surface area contributed by atoms with Crippen molar-refractivity contribution in [3.63, 3.8) is 0 Å². The Morgan fingerprint density at radius 3 is 2.65 bits per heavy atom. The predicted molar refractivity (Wildman–Crippen MR) is 69.5 cm³/mol. The molecule has 0 aliphatic rings. The van der Waals surface area contributed by atoms with E-state index >= 15 is 0 Å². The van der Waals surface area contributed by atoms with Crippen LogP contribution in [-0.4, -0.2) is 42.7 Å². The van der Waals surface area contributed by atoms with E-state index in [-0.39, 0.29) is 17.3 Å². The van der Waals surface area contributed by atoms with Crippen LogP contribution in [0.5, 0.6) is 0 Å². The average molecular weight is 237 g/mol. The zero-order chi connectivity index (χ0) is 13.0. The molecule has 0 radical (unpaired) electrons. The number of anilines is 2. The molecular formula is C12H19N3O2. The summed E-state index contributed by atoms with van der Waals surface area (Å²) in [6.45, 7) is 2.95. The van der Waals surface area contributed by atoms with Gasteiger partial charge in [-0.25, -0.2) is 4.79 Å². The average Bonchev–Trinajstić information content (AvgIpc) is 2.15. The van der Waals surface area contributed by atoms with Crippen molar-refractivity contribution in [3.05, 3.63) is 23.8 Å². The van der Waals surface area contributed by atoms with Crippen molar-refractivity contribution in [1.29, 1.82) is 0 Å². The van der Waals surface area contributed by atoms with E-state index in [1.165, 1.54) is 6.07 Å². The van der Waals surface area contributed by atoms with Gasteiger partial charge >= 0.3 is 5.97 Å². The molecule has 0 bridgehead atoms. The van der Waals surface area contributed by atoms with E-state index in [9.17, 15) is 4.79 Å². The fraction of sp³-hybridized carbons (Fsp3) is 0.417. The van der Waals surface area contributed by atoms with E-state index in [1.807, 2.05) is 14.1 Å². The van der Waals surface area contributed by atoms with Gasteiger partial charge in [-0.1, -0.05) is 0 Å². The monoisotopic (exact) mass is 237 g/mol. The van der Waals surface area contributed by atoms with E-state index < -0.39 is 5.97 Å². The molecule has 0 spiro atoms. The molecule has 1 aromatic carbocycles. The molecule has 4 N–H and O–H groups in total. The number of carboxylic acids is 1. The summed E-state index contributed by atoms with van der Waals surface area (Å²) in [5.74, 6) is -1.00. The summed E-state index contributed by atoms with van der Waals surface area (Å²) in [4.78, 5) is 12.9. The lowest BCUT2D eigenvalue weighted by molar-refractivity contribution is 0.0698. The number of hydrogen-bond acceptors (Lipinski definition) is 4. The fourth-order valence-corrected chi connectivity index (χ4v) is 1.73. The summed E-state index contributed by atoms with van der Waals surface area (Å²) in [5, 5.41) is 12.1. The summed E-state index contributed by atoms with van der Waals surface area (Å²) in [6.07, 6.45) is 0. The van der Waals surface area contributed by atoms with Gasteiger partial charge in [0.05, 0.1) is 5.56 Å². The molecule has 1 aromatic rings. The van der Waals surface area contributed by atoms with Crippen molar-refractivity contribution in [2.24, 2.45) is 0 Å². The number of aromatic carboxylic acids is 1. The van der Waals surface area contributed by atoms with Crippen LogP contribution in [0.4, 0.5) is 11.4 Å². The molecule has 0 saturated heterocycles. The standard InChI is InChI=1S/C12H19N3O2/c1-8(7-15(2)3)14-9-4-5-10(12(16)17)11(13)6-9/h4-6,8,14H,7,13H2,1-3H3,(H,16,17). The first-order chi connectivity index (χ1) is 7.90. The predicted octanol–water partition coefficient (Wildman–Crippen LogP) is 1.33. The number of nitrogen functional groups attached to an aromatic ring is 1. The summed E-state index contributed by atoms with van der Waals surface area (Å²) in [7, 11) is 4.00. The Labute approximate surface area is 101 Å². The van der Waals surface area contributed by atoms with Gasteiger partial charge in [0.1, 0.15) is 0 Å². The maximum absolute atomic E-state index is 10.8. The largest absolute Gasteiger partial charge is 0.478 e. The van der Waals surface area contributed by atoms with Gasteiger partial charge in [-0.05, 0) is 39.2 Å². The number of benzene rings is 1. The third-order valence-corrected chi connectivity index (χ3v) is 2.33. The van der Waals surface area contributed by atoms with Gasteiger partial charge < -0.3 is 21.1 Å². The lowest BCUT2D eigenvalue weighted by atomic mass is 10.1. The minimum Gasteiger partial charge on any atom is -0.478 e. The topological polar surface area (TPSA) is 78.6 Å². The molecule has 0 aliphatic heterocycles. The minimum atomic E-state index is -1.00. The lowest BCUT2D eigenvalue weighted by Crippen LogP contribution is -2.29. The Balaban J connectivity index is 2.74. The van der Waals surface area contributed by atoms with Crippen LogP contribution in [0.1, 0.15) is 17.3 Å². The summed E-state index contributed by atoms with van der Waals surface area (Å²) in [5.41, 5.74) is 6.92. The molecule has 0 saturated carbocycles. The number of hydrogen-bond donors (Lipinski definition) is 3. The zero-order valence-corrected chi connectivity index (χ0v) is 10.4. The molecule has 1 rings (SSSR count). The molecule has 17 heavy (non-hydrogen) atoms. The van der Waals surface area contributed by atoms with Crippen LogP contribution in [0, 0.1) is 0 Å². The Hall–Kier alpha value is -1.75. The Morgan fingerprint density at radius 1 is 1.53 bits per heavy atom. The highest BCUT2D eigenvalue weighted by Gasteiger charge is 2.09. The number of likely N-dealkylation sites (N-methyl/N-ethyl adjacent to an activating group) is 1. The van der Waals surface area contributed by atoms with Crippen LogP contribution >= 0.6 is 0 Å². The fourth-order valence-electron chi connectivity index (χ4n) is 1.73. The van der Waals surface area contributed by atoms with Crippen LogP contribution in [0.15, 0.2) is 18.2 Å². The van der Waals surface area contributed by atoms with E-state index in [1.54, 1.807) is 12.1 Å². The maximum atomic E-state index is 10.8.